The van der Waals surface area contributed by atoms with Crippen LogP contribution in [0.2, 0.25) is 0 Å². The van der Waals surface area contributed by atoms with E-state index in [0.717, 1.165) is 22.3 Å². The van der Waals surface area contributed by atoms with Crippen molar-refractivity contribution >= 4 is 11.4 Å². The van der Waals surface area contributed by atoms with E-state index in [-0.39, 0.29) is 0 Å². The van der Waals surface area contributed by atoms with Crippen molar-refractivity contribution in [2.45, 2.75) is 12.2 Å². The minimum Gasteiger partial charge on any atom is -0.457 e. The van der Waals surface area contributed by atoms with Crippen LogP contribution in [0.4, 0.5) is 11.4 Å². The molecule has 0 saturated heterocycles. The smallest absolute Gasteiger partial charge is 0.127 e. The van der Waals surface area contributed by atoms with Crippen LogP contribution in [0.1, 0.15) is 34.5 Å². The first-order valence-electron chi connectivity index (χ1n) is 9.94. The Morgan fingerprint density at radius 2 is 0.903 bits per heavy atom. The van der Waals surface area contributed by atoms with Crippen molar-refractivity contribution in [1.82, 2.24) is 0 Å². The number of aliphatic hydroxyl groups excluding tert-OH is 2. The van der Waals surface area contributed by atoms with Gasteiger partial charge in [0.25, 0.3) is 0 Å². The number of benzene rings is 4. The molecule has 4 aromatic carbocycles. The zero-order valence-corrected chi connectivity index (χ0v) is 16.8. The predicted molar refractivity (Wildman–Crippen MR) is 123 cm³/mol. The molecule has 5 nitrogen and oxygen atoms in total. The summed E-state index contributed by atoms with van der Waals surface area (Å²) in [4.78, 5) is 0. The Morgan fingerprint density at radius 1 is 0.516 bits per heavy atom. The molecule has 2 unspecified atom stereocenters. The Hall–Kier alpha value is -3.80. The minimum atomic E-state index is -0.759. The number of hydrogen-bond donors (Lipinski definition) is 4. The van der Waals surface area contributed by atoms with Crippen molar-refractivity contribution in [1.29, 1.82) is 0 Å². The van der Waals surface area contributed by atoms with Crippen molar-refractivity contribution in [3.63, 3.8) is 0 Å². The molecule has 0 fully saturated rings. The van der Waals surface area contributed by atoms with Crippen LogP contribution < -0.4 is 16.2 Å². The number of aliphatic hydroxyl groups is 2. The summed E-state index contributed by atoms with van der Waals surface area (Å²) in [7, 11) is 0. The van der Waals surface area contributed by atoms with Gasteiger partial charge in [-0.25, -0.2) is 0 Å². The van der Waals surface area contributed by atoms with E-state index in [0.29, 0.717) is 22.9 Å². The molecular formula is C26H24N2O3. The standard InChI is InChI=1S/C26H24N2O3/c27-21-5-1-3-19(15-21)25(29)17-7-11-23(12-8-17)31-24-13-9-18(10-14-24)26(30)20-4-2-6-22(28)16-20/h1-16,25-26,29-30H,27-28H2. The van der Waals surface area contributed by atoms with E-state index in [1.54, 1.807) is 48.5 Å². The van der Waals surface area contributed by atoms with Gasteiger partial charge in [-0.15, -0.1) is 0 Å². The summed E-state index contributed by atoms with van der Waals surface area (Å²) in [6.07, 6.45) is -1.52. The van der Waals surface area contributed by atoms with E-state index in [2.05, 4.69) is 0 Å². The second-order valence-corrected chi connectivity index (χ2v) is 7.39. The van der Waals surface area contributed by atoms with Gasteiger partial charge in [0.05, 0.1) is 0 Å². The van der Waals surface area contributed by atoms with Gasteiger partial charge in [-0.2, -0.15) is 0 Å². The van der Waals surface area contributed by atoms with Gasteiger partial charge in [-0.05, 0) is 70.8 Å². The van der Waals surface area contributed by atoms with Crippen molar-refractivity contribution < 1.29 is 14.9 Å². The van der Waals surface area contributed by atoms with Gasteiger partial charge in [0, 0.05) is 11.4 Å². The summed E-state index contributed by atoms with van der Waals surface area (Å²) in [6, 6.07) is 28.9. The molecule has 0 heterocycles. The summed E-state index contributed by atoms with van der Waals surface area (Å²) in [5.41, 5.74) is 15.8. The maximum Gasteiger partial charge on any atom is 0.127 e. The summed E-state index contributed by atoms with van der Waals surface area (Å²) in [6.45, 7) is 0. The Kier molecular flexibility index (Phi) is 5.89. The topological polar surface area (TPSA) is 102 Å². The summed E-state index contributed by atoms with van der Waals surface area (Å²) in [5.74, 6) is 1.29. The van der Waals surface area contributed by atoms with Gasteiger partial charge < -0.3 is 26.4 Å². The fourth-order valence-corrected chi connectivity index (χ4v) is 3.42. The van der Waals surface area contributed by atoms with Gasteiger partial charge in [0.2, 0.25) is 0 Å². The first-order valence-corrected chi connectivity index (χ1v) is 9.94. The molecule has 0 amide bonds. The van der Waals surface area contributed by atoms with Crippen LogP contribution in [0.15, 0.2) is 97.1 Å². The predicted octanol–water partition coefficient (Wildman–Crippen LogP) is 4.81. The molecular weight excluding hydrogens is 388 g/mol. The second-order valence-electron chi connectivity index (χ2n) is 7.39. The fourth-order valence-electron chi connectivity index (χ4n) is 3.42. The minimum absolute atomic E-state index is 0.612. The van der Waals surface area contributed by atoms with Crippen LogP contribution in [0.25, 0.3) is 0 Å². The quantitative estimate of drug-likeness (QED) is 0.341. The molecule has 5 heteroatoms. The molecule has 4 aromatic rings. The molecule has 0 radical (unpaired) electrons. The number of nitrogen functional groups attached to an aromatic ring is 2. The van der Waals surface area contributed by atoms with E-state index >= 15 is 0 Å². The number of ether oxygens (including phenoxy) is 1. The van der Waals surface area contributed by atoms with E-state index in [1.807, 2.05) is 48.5 Å². The van der Waals surface area contributed by atoms with Crippen LogP contribution in [-0.4, -0.2) is 10.2 Å². The lowest BCUT2D eigenvalue weighted by Gasteiger charge is -2.14. The normalized spacial score (nSPS) is 12.8. The Labute approximate surface area is 181 Å². The molecule has 2 atom stereocenters. The van der Waals surface area contributed by atoms with Crippen molar-refractivity contribution in [2.75, 3.05) is 11.5 Å². The Balaban J connectivity index is 1.43. The zero-order chi connectivity index (χ0) is 21.8. The average molecular weight is 412 g/mol. The first kappa shape index (κ1) is 20.5. The summed E-state index contributed by atoms with van der Waals surface area (Å²) < 4.78 is 5.89. The van der Waals surface area contributed by atoms with Crippen LogP contribution >= 0.6 is 0 Å². The Morgan fingerprint density at radius 3 is 1.26 bits per heavy atom. The Bertz CT molecular complexity index is 1060. The van der Waals surface area contributed by atoms with E-state index in [9.17, 15) is 10.2 Å². The second kappa shape index (κ2) is 8.92. The third-order valence-electron chi connectivity index (χ3n) is 5.08. The average Bonchev–Trinajstić information content (AvgIpc) is 2.79. The largest absolute Gasteiger partial charge is 0.457 e. The van der Waals surface area contributed by atoms with E-state index in [1.165, 1.54) is 0 Å². The molecule has 156 valence electrons. The lowest BCUT2D eigenvalue weighted by Crippen LogP contribution is -2.01. The van der Waals surface area contributed by atoms with Crippen LogP contribution in [0, 0.1) is 0 Å². The van der Waals surface area contributed by atoms with Crippen LogP contribution in [0.5, 0.6) is 11.5 Å². The number of nitrogens with two attached hydrogens (primary N) is 2. The lowest BCUT2D eigenvalue weighted by atomic mass is 10.0. The molecule has 0 aliphatic carbocycles. The highest BCUT2D eigenvalue weighted by Gasteiger charge is 2.12. The first-order chi connectivity index (χ1) is 15.0. The van der Waals surface area contributed by atoms with E-state index in [4.69, 9.17) is 16.2 Å². The fraction of sp³-hybridized carbons (Fsp3) is 0.0769. The SMILES string of the molecule is Nc1cccc(C(O)c2ccc(Oc3ccc(C(O)c4cccc(N)c4)cc3)cc2)c1. The molecule has 6 N–H and O–H groups in total. The molecule has 4 rings (SSSR count). The van der Waals surface area contributed by atoms with Crippen molar-refractivity contribution in [3.8, 4) is 11.5 Å². The molecule has 0 aliphatic rings. The van der Waals surface area contributed by atoms with Crippen LogP contribution in [0.3, 0.4) is 0 Å². The third-order valence-corrected chi connectivity index (χ3v) is 5.08. The number of hydrogen-bond acceptors (Lipinski definition) is 5. The van der Waals surface area contributed by atoms with Gasteiger partial charge in [-0.1, -0.05) is 48.5 Å². The molecule has 31 heavy (non-hydrogen) atoms. The molecule has 0 spiro atoms. The molecule has 0 aliphatic heterocycles. The van der Waals surface area contributed by atoms with Gasteiger partial charge >= 0.3 is 0 Å². The summed E-state index contributed by atoms with van der Waals surface area (Å²) >= 11 is 0. The highest BCUT2D eigenvalue weighted by Crippen LogP contribution is 2.29. The van der Waals surface area contributed by atoms with Crippen molar-refractivity contribution in [3.05, 3.63) is 119 Å². The third kappa shape index (κ3) is 4.86. The maximum absolute atomic E-state index is 10.6. The summed E-state index contributed by atoms with van der Waals surface area (Å²) in [5, 5.41) is 21.1. The lowest BCUT2D eigenvalue weighted by molar-refractivity contribution is 0.220. The van der Waals surface area contributed by atoms with E-state index < -0.39 is 12.2 Å². The highest BCUT2D eigenvalue weighted by atomic mass is 16.5. The molecule has 0 saturated carbocycles. The van der Waals surface area contributed by atoms with Gasteiger partial charge in [0.1, 0.15) is 23.7 Å². The number of anilines is 2. The highest BCUT2D eigenvalue weighted by molar-refractivity contribution is 5.46. The van der Waals surface area contributed by atoms with Gasteiger partial charge in [-0.3, -0.25) is 0 Å². The zero-order valence-electron chi connectivity index (χ0n) is 16.8. The molecule has 0 aromatic heterocycles. The van der Waals surface area contributed by atoms with Gasteiger partial charge in [0.15, 0.2) is 0 Å². The van der Waals surface area contributed by atoms with Crippen molar-refractivity contribution in [2.24, 2.45) is 0 Å². The monoisotopic (exact) mass is 412 g/mol. The molecule has 0 bridgehead atoms. The number of rotatable bonds is 6. The van der Waals surface area contributed by atoms with Crippen LogP contribution in [-0.2, 0) is 0 Å². The maximum atomic E-state index is 10.6.